The van der Waals surface area contributed by atoms with Crippen LogP contribution in [0.5, 0.6) is 0 Å². The second-order valence-electron chi connectivity index (χ2n) is 14.1. The third-order valence-electron chi connectivity index (χ3n) is 11.2. The minimum absolute atomic E-state index is 0.124. The fourth-order valence-corrected chi connectivity index (χ4v) is 8.91. The summed E-state index contributed by atoms with van der Waals surface area (Å²) in [6, 6.07) is 54.0. The molecular weight excluding hydrogens is 581 g/mol. The summed E-state index contributed by atoms with van der Waals surface area (Å²) in [6.45, 7) is 4.75. The van der Waals surface area contributed by atoms with Crippen molar-refractivity contribution in [2.45, 2.75) is 19.3 Å². The van der Waals surface area contributed by atoms with Crippen molar-refractivity contribution < 1.29 is 4.42 Å². The third-order valence-corrected chi connectivity index (χ3v) is 11.2. The van der Waals surface area contributed by atoms with Crippen LogP contribution in [0.4, 0.5) is 0 Å². The number of fused-ring (bicyclic) bond motifs is 7. The Labute approximate surface area is 278 Å². The predicted molar refractivity (Wildman–Crippen MR) is 203 cm³/mol. The van der Waals surface area contributed by atoms with E-state index in [0.29, 0.717) is 0 Å². The molecule has 224 valence electrons. The molecule has 1 aromatic heterocycles. The Morgan fingerprint density at radius 1 is 0.396 bits per heavy atom. The second kappa shape index (κ2) is 9.12. The third kappa shape index (κ3) is 3.35. The monoisotopic (exact) mass is 610 g/mol. The van der Waals surface area contributed by atoms with E-state index in [2.05, 4.69) is 153 Å². The van der Waals surface area contributed by atoms with E-state index in [-0.39, 0.29) is 5.41 Å². The quantitative estimate of drug-likeness (QED) is 0.178. The Kier molecular flexibility index (Phi) is 4.97. The van der Waals surface area contributed by atoms with Crippen molar-refractivity contribution in [1.29, 1.82) is 0 Å². The molecule has 0 amide bonds. The molecule has 1 heteroatoms. The summed E-state index contributed by atoms with van der Waals surface area (Å²) in [5.41, 5.74) is 12.1. The van der Waals surface area contributed by atoms with Gasteiger partial charge in [-0.2, -0.15) is 0 Å². The summed E-state index contributed by atoms with van der Waals surface area (Å²) < 4.78 is 6.42. The minimum atomic E-state index is -0.124. The smallest absolute Gasteiger partial charge is 0.136 e. The van der Waals surface area contributed by atoms with Gasteiger partial charge in [0, 0.05) is 16.2 Å². The van der Waals surface area contributed by atoms with Gasteiger partial charge in [0.05, 0.1) is 0 Å². The molecule has 11 rings (SSSR count). The summed E-state index contributed by atoms with van der Waals surface area (Å²) in [7, 11) is 0. The molecule has 0 saturated heterocycles. The summed E-state index contributed by atoms with van der Waals surface area (Å²) in [5.74, 6) is 0. The minimum Gasteiger partial charge on any atom is -0.456 e. The van der Waals surface area contributed by atoms with Crippen LogP contribution >= 0.6 is 0 Å². The number of para-hydroxylation sites is 1. The largest absolute Gasteiger partial charge is 0.456 e. The lowest BCUT2D eigenvalue weighted by atomic mass is 9.80. The van der Waals surface area contributed by atoms with Crippen LogP contribution in [0, 0.1) is 0 Å². The van der Waals surface area contributed by atoms with E-state index in [4.69, 9.17) is 4.42 Å². The molecule has 0 fully saturated rings. The van der Waals surface area contributed by atoms with Gasteiger partial charge in [-0.3, -0.25) is 0 Å². The zero-order chi connectivity index (χ0) is 31.7. The standard InChI is InChI=1S/C47H30O/c1-47(2)39-12-5-3-11-38(39)46-40(47)25-32-24-30(33-20-16-29-15-14-27-8-7-9-28-17-23-37(33)44(29)43(27)28)18-21-34(32)45(46)31-19-22-36-35-10-4-6-13-41(35)48-42(36)26-31/h3-26H,1-2H3. The highest BCUT2D eigenvalue weighted by Crippen LogP contribution is 2.55. The van der Waals surface area contributed by atoms with E-state index in [0.717, 1.165) is 21.9 Å². The van der Waals surface area contributed by atoms with Crippen LogP contribution in [0.1, 0.15) is 25.0 Å². The lowest BCUT2D eigenvalue weighted by Gasteiger charge is -2.23. The Morgan fingerprint density at radius 2 is 1.08 bits per heavy atom. The van der Waals surface area contributed by atoms with Crippen LogP contribution in [-0.4, -0.2) is 0 Å². The molecule has 0 radical (unpaired) electrons. The first kappa shape index (κ1) is 26.2. The van der Waals surface area contributed by atoms with Crippen molar-refractivity contribution in [2.24, 2.45) is 0 Å². The molecule has 1 aliphatic rings. The van der Waals surface area contributed by atoms with Crippen LogP contribution < -0.4 is 0 Å². The van der Waals surface area contributed by atoms with Crippen LogP contribution in [0.3, 0.4) is 0 Å². The summed E-state index contributed by atoms with van der Waals surface area (Å²) >= 11 is 0. The van der Waals surface area contributed by atoms with Crippen LogP contribution in [0.2, 0.25) is 0 Å². The number of benzene rings is 9. The number of rotatable bonds is 2. The highest BCUT2D eigenvalue weighted by molar-refractivity contribution is 6.25. The lowest BCUT2D eigenvalue weighted by molar-refractivity contribution is 0.661. The Hall–Kier alpha value is -5.92. The summed E-state index contributed by atoms with van der Waals surface area (Å²) in [5, 5.41) is 12.7. The highest BCUT2D eigenvalue weighted by Gasteiger charge is 2.37. The van der Waals surface area contributed by atoms with Gasteiger partial charge in [0.15, 0.2) is 0 Å². The zero-order valence-corrected chi connectivity index (χ0v) is 26.8. The van der Waals surface area contributed by atoms with Gasteiger partial charge in [-0.05, 0) is 118 Å². The first-order valence-electron chi connectivity index (χ1n) is 16.8. The molecule has 1 nitrogen and oxygen atoms in total. The molecule has 0 N–H and O–H groups in total. The number of furan rings is 1. The molecule has 1 aliphatic carbocycles. The van der Waals surface area contributed by atoms with Crippen molar-refractivity contribution in [3.8, 4) is 33.4 Å². The van der Waals surface area contributed by atoms with Gasteiger partial charge >= 0.3 is 0 Å². The first-order valence-corrected chi connectivity index (χ1v) is 16.8. The molecular formula is C47H30O. The van der Waals surface area contributed by atoms with E-state index < -0.39 is 0 Å². The molecule has 48 heavy (non-hydrogen) atoms. The Morgan fingerprint density at radius 3 is 1.98 bits per heavy atom. The maximum atomic E-state index is 6.42. The van der Waals surface area contributed by atoms with Gasteiger partial charge in [0.2, 0.25) is 0 Å². The molecule has 0 aliphatic heterocycles. The fraction of sp³-hybridized carbons (Fsp3) is 0.0638. The van der Waals surface area contributed by atoms with E-state index in [1.165, 1.54) is 87.6 Å². The molecule has 0 bridgehead atoms. The van der Waals surface area contributed by atoms with E-state index in [1.54, 1.807) is 0 Å². The molecule has 9 aromatic carbocycles. The van der Waals surface area contributed by atoms with E-state index >= 15 is 0 Å². The van der Waals surface area contributed by atoms with Crippen LogP contribution in [0.15, 0.2) is 150 Å². The Balaban J connectivity index is 1.21. The van der Waals surface area contributed by atoms with Gasteiger partial charge in [-0.1, -0.05) is 129 Å². The second-order valence-corrected chi connectivity index (χ2v) is 14.1. The first-order chi connectivity index (χ1) is 23.5. The van der Waals surface area contributed by atoms with Crippen molar-refractivity contribution in [1.82, 2.24) is 0 Å². The molecule has 0 unspecified atom stereocenters. The van der Waals surface area contributed by atoms with E-state index in [9.17, 15) is 0 Å². The Bertz CT molecular complexity index is 2960. The predicted octanol–water partition coefficient (Wildman–Crippen LogP) is 13.3. The SMILES string of the molecule is CC1(C)c2ccccc2-c2c1cc1cc(-c3ccc4ccc5cccc6ccc3c4c56)ccc1c2-c1ccc2c(c1)oc1ccccc12. The van der Waals surface area contributed by atoms with Crippen LogP contribution in [0.25, 0.3) is 98.4 Å². The summed E-state index contributed by atoms with van der Waals surface area (Å²) in [4.78, 5) is 0. The van der Waals surface area contributed by atoms with E-state index in [1.807, 2.05) is 6.07 Å². The molecule has 0 atom stereocenters. The van der Waals surface area contributed by atoms with Crippen molar-refractivity contribution in [2.75, 3.05) is 0 Å². The zero-order valence-electron chi connectivity index (χ0n) is 26.8. The van der Waals surface area contributed by atoms with Crippen molar-refractivity contribution in [3.05, 3.63) is 157 Å². The number of hydrogen-bond acceptors (Lipinski definition) is 1. The molecule has 1 heterocycles. The maximum absolute atomic E-state index is 6.42. The average molecular weight is 611 g/mol. The van der Waals surface area contributed by atoms with Crippen LogP contribution in [-0.2, 0) is 5.41 Å². The molecule has 10 aromatic rings. The average Bonchev–Trinajstić information content (AvgIpc) is 3.61. The lowest BCUT2D eigenvalue weighted by Crippen LogP contribution is -2.15. The van der Waals surface area contributed by atoms with Gasteiger partial charge < -0.3 is 4.42 Å². The molecule has 0 saturated carbocycles. The number of hydrogen-bond donors (Lipinski definition) is 0. The maximum Gasteiger partial charge on any atom is 0.136 e. The van der Waals surface area contributed by atoms with Gasteiger partial charge in [-0.25, -0.2) is 0 Å². The van der Waals surface area contributed by atoms with Gasteiger partial charge in [0.1, 0.15) is 11.2 Å². The highest BCUT2D eigenvalue weighted by atomic mass is 16.3. The van der Waals surface area contributed by atoms with Crippen molar-refractivity contribution in [3.63, 3.8) is 0 Å². The van der Waals surface area contributed by atoms with Gasteiger partial charge in [0.25, 0.3) is 0 Å². The topological polar surface area (TPSA) is 13.1 Å². The van der Waals surface area contributed by atoms with Gasteiger partial charge in [-0.15, -0.1) is 0 Å². The normalized spacial score (nSPS) is 13.8. The fourth-order valence-electron chi connectivity index (χ4n) is 8.91. The summed E-state index contributed by atoms with van der Waals surface area (Å²) in [6.07, 6.45) is 0. The van der Waals surface area contributed by atoms with Crippen molar-refractivity contribution >= 4 is 65.0 Å². The molecule has 0 spiro atoms.